The highest BCUT2D eigenvalue weighted by Gasteiger charge is 2.19. The van der Waals surface area contributed by atoms with Gasteiger partial charge in [0, 0.05) is 74.5 Å². The van der Waals surface area contributed by atoms with Crippen molar-refractivity contribution in [1.29, 1.82) is 0 Å². The Labute approximate surface area is 190 Å². The highest BCUT2D eigenvalue weighted by Crippen LogP contribution is 2.24. The first-order chi connectivity index (χ1) is 15.6. The second-order valence-electron chi connectivity index (χ2n) is 7.73. The number of nitro groups is 1. The quantitative estimate of drug-likeness (QED) is 0.413. The number of anilines is 1. The summed E-state index contributed by atoms with van der Waals surface area (Å²) in [5, 5.41) is 16.8. The number of nitrogens with one attached hydrogen (secondary N) is 1. The molecular formula is C23H25N5O3S. The molecule has 1 aromatic heterocycles. The van der Waals surface area contributed by atoms with Gasteiger partial charge in [-0.05, 0) is 6.07 Å². The molecule has 1 N–H and O–H groups in total. The lowest BCUT2D eigenvalue weighted by Gasteiger charge is -2.34. The number of piperazine rings is 1. The second kappa shape index (κ2) is 10.4. The Hall–Kier alpha value is -3.14. The molecule has 0 bridgehead atoms. The smallest absolute Gasteiger partial charge is 0.271 e. The highest BCUT2D eigenvalue weighted by molar-refractivity contribution is 7.13. The summed E-state index contributed by atoms with van der Waals surface area (Å²) in [6.07, 6.45) is 0.356. The SMILES string of the molecule is O=C(CCN1CCN(Cc2csc(-c3ccccc3)n2)CC1)Nc1cccc([N+](=O)[O-])c1. The summed E-state index contributed by atoms with van der Waals surface area (Å²) in [7, 11) is 0. The lowest BCUT2D eigenvalue weighted by atomic mass is 10.2. The summed E-state index contributed by atoms with van der Waals surface area (Å²) in [6, 6.07) is 16.2. The van der Waals surface area contributed by atoms with Crippen LogP contribution < -0.4 is 5.32 Å². The van der Waals surface area contributed by atoms with Gasteiger partial charge >= 0.3 is 0 Å². The van der Waals surface area contributed by atoms with Crippen molar-refractivity contribution in [1.82, 2.24) is 14.8 Å². The van der Waals surface area contributed by atoms with E-state index in [2.05, 4.69) is 32.6 Å². The zero-order valence-corrected chi connectivity index (χ0v) is 18.5. The van der Waals surface area contributed by atoms with E-state index in [1.807, 2.05) is 18.2 Å². The van der Waals surface area contributed by atoms with Crippen molar-refractivity contribution in [3.63, 3.8) is 0 Å². The molecule has 0 saturated carbocycles. The molecule has 4 rings (SSSR count). The van der Waals surface area contributed by atoms with Gasteiger partial charge in [-0.3, -0.25) is 19.8 Å². The van der Waals surface area contributed by atoms with Crippen LogP contribution in [0.1, 0.15) is 12.1 Å². The molecule has 1 fully saturated rings. The third-order valence-corrected chi connectivity index (χ3v) is 6.36. The fraction of sp³-hybridized carbons (Fsp3) is 0.304. The van der Waals surface area contributed by atoms with E-state index in [0.717, 1.165) is 49.0 Å². The number of nitrogens with zero attached hydrogens (tertiary/aromatic N) is 4. The van der Waals surface area contributed by atoms with E-state index in [-0.39, 0.29) is 11.6 Å². The fourth-order valence-corrected chi connectivity index (χ4v) is 4.49. The summed E-state index contributed by atoms with van der Waals surface area (Å²) < 4.78 is 0. The Bertz CT molecular complexity index is 1060. The van der Waals surface area contributed by atoms with E-state index in [1.165, 1.54) is 12.1 Å². The molecule has 8 nitrogen and oxygen atoms in total. The molecule has 0 spiro atoms. The monoisotopic (exact) mass is 451 g/mol. The predicted molar refractivity (Wildman–Crippen MR) is 126 cm³/mol. The molecule has 2 aromatic carbocycles. The van der Waals surface area contributed by atoms with Crippen LogP contribution >= 0.6 is 11.3 Å². The summed E-state index contributed by atoms with van der Waals surface area (Å²) in [6.45, 7) is 5.18. The number of benzene rings is 2. The number of hydrogen-bond donors (Lipinski definition) is 1. The normalized spacial score (nSPS) is 14.9. The van der Waals surface area contributed by atoms with Gasteiger partial charge in [-0.2, -0.15) is 0 Å². The minimum absolute atomic E-state index is 0.0325. The third-order valence-electron chi connectivity index (χ3n) is 5.42. The number of hydrogen-bond acceptors (Lipinski definition) is 7. The van der Waals surface area contributed by atoms with Gasteiger partial charge in [0.1, 0.15) is 5.01 Å². The van der Waals surface area contributed by atoms with Gasteiger partial charge in [-0.15, -0.1) is 11.3 Å². The molecule has 1 aliphatic rings. The predicted octanol–water partition coefficient (Wildman–Crippen LogP) is 3.86. The lowest BCUT2D eigenvalue weighted by molar-refractivity contribution is -0.384. The van der Waals surface area contributed by atoms with Crippen molar-refractivity contribution in [2.75, 3.05) is 38.0 Å². The van der Waals surface area contributed by atoms with E-state index >= 15 is 0 Å². The van der Waals surface area contributed by atoms with E-state index in [1.54, 1.807) is 23.5 Å². The summed E-state index contributed by atoms with van der Waals surface area (Å²) >= 11 is 1.68. The Morgan fingerprint density at radius 2 is 1.81 bits per heavy atom. The maximum absolute atomic E-state index is 12.2. The first-order valence-corrected chi connectivity index (χ1v) is 11.4. The van der Waals surface area contributed by atoms with Crippen LogP contribution in [0.15, 0.2) is 60.0 Å². The van der Waals surface area contributed by atoms with Crippen LogP contribution in [0.2, 0.25) is 0 Å². The van der Waals surface area contributed by atoms with Crippen molar-refractivity contribution >= 4 is 28.6 Å². The Balaban J connectivity index is 1.19. The molecular weight excluding hydrogens is 426 g/mol. The minimum atomic E-state index is -0.469. The molecule has 0 aliphatic carbocycles. The zero-order valence-electron chi connectivity index (χ0n) is 17.6. The lowest BCUT2D eigenvalue weighted by Crippen LogP contribution is -2.46. The molecule has 0 radical (unpaired) electrons. The van der Waals surface area contributed by atoms with Gasteiger partial charge in [-0.1, -0.05) is 36.4 Å². The molecule has 9 heteroatoms. The molecule has 2 heterocycles. The van der Waals surface area contributed by atoms with Crippen LogP contribution in [0.4, 0.5) is 11.4 Å². The van der Waals surface area contributed by atoms with Crippen LogP contribution in [0.3, 0.4) is 0 Å². The fourth-order valence-electron chi connectivity index (χ4n) is 3.67. The Morgan fingerprint density at radius 3 is 2.56 bits per heavy atom. The first kappa shape index (κ1) is 22.1. The minimum Gasteiger partial charge on any atom is -0.326 e. The molecule has 32 heavy (non-hydrogen) atoms. The third kappa shape index (κ3) is 5.97. The molecule has 3 aromatic rings. The second-order valence-corrected chi connectivity index (χ2v) is 8.59. The zero-order chi connectivity index (χ0) is 22.3. The van der Waals surface area contributed by atoms with E-state index in [9.17, 15) is 14.9 Å². The molecule has 166 valence electrons. The van der Waals surface area contributed by atoms with Gasteiger partial charge < -0.3 is 10.2 Å². The van der Waals surface area contributed by atoms with Gasteiger partial charge in [0.25, 0.3) is 5.69 Å². The molecule has 1 saturated heterocycles. The van der Waals surface area contributed by atoms with Crippen LogP contribution in [0, 0.1) is 10.1 Å². The Morgan fingerprint density at radius 1 is 1.06 bits per heavy atom. The van der Waals surface area contributed by atoms with Gasteiger partial charge in [0.15, 0.2) is 0 Å². The van der Waals surface area contributed by atoms with Crippen LogP contribution in [0.25, 0.3) is 10.6 Å². The first-order valence-electron chi connectivity index (χ1n) is 10.6. The van der Waals surface area contributed by atoms with Crippen LogP contribution in [-0.2, 0) is 11.3 Å². The van der Waals surface area contributed by atoms with Crippen molar-refractivity contribution in [3.8, 4) is 10.6 Å². The standard InChI is InChI=1S/C23H25N5O3S/c29-22(24-19-7-4-8-21(15-19)28(30)31)9-10-26-11-13-27(14-12-26)16-20-17-32-23(25-20)18-5-2-1-3-6-18/h1-8,15,17H,9-14,16H2,(H,24,29). The van der Waals surface area contributed by atoms with Crippen molar-refractivity contribution < 1.29 is 9.72 Å². The highest BCUT2D eigenvalue weighted by atomic mass is 32.1. The Kier molecular flexibility index (Phi) is 7.21. The average Bonchev–Trinajstić information content (AvgIpc) is 3.28. The number of non-ortho nitro benzene ring substituents is 1. The van der Waals surface area contributed by atoms with Gasteiger partial charge in [-0.25, -0.2) is 4.98 Å². The van der Waals surface area contributed by atoms with Gasteiger partial charge in [0.05, 0.1) is 10.6 Å². The van der Waals surface area contributed by atoms with Crippen molar-refractivity contribution in [3.05, 3.63) is 75.8 Å². The largest absolute Gasteiger partial charge is 0.326 e. The molecule has 0 atom stereocenters. The van der Waals surface area contributed by atoms with Crippen LogP contribution in [0.5, 0.6) is 0 Å². The number of amides is 1. The van der Waals surface area contributed by atoms with E-state index in [4.69, 9.17) is 4.98 Å². The molecule has 1 aliphatic heterocycles. The van der Waals surface area contributed by atoms with Crippen molar-refractivity contribution in [2.24, 2.45) is 0 Å². The number of thiazole rings is 1. The number of carbonyl (C=O) groups is 1. The van der Waals surface area contributed by atoms with Crippen molar-refractivity contribution in [2.45, 2.75) is 13.0 Å². The van der Waals surface area contributed by atoms with Gasteiger partial charge in [0.2, 0.25) is 5.91 Å². The number of carbonyl (C=O) groups excluding carboxylic acids is 1. The summed E-state index contributed by atoms with van der Waals surface area (Å²) in [5.41, 5.74) is 2.66. The summed E-state index contributed by atoms with van der Waals surface area (Å²) in [5.74, 6) is -0.135. The summed E-state index contributed by atoms with van der Waals surface area (Å²) in [4.78, 5) is 32.1. The maximum Gasteiger partial charge on any atom is 0.271 e. The number of rotatable bonds is 8. The molecule has 1 amide bonds. The van der Waals surface area contributed by atoms with E-state index in [0.29, 0.717) is 18.7 Å². The topological polar surface area (TPSA) is 91.6 Å². The average molecular weight is 452 g/mol. The number of aromatic nitrogens is 1. The van der Waals surface area contributed by atoms with E-state index < -0.39 is 4.92 Å². The maximum atomic E-state index is 12.2. The van der Waals surface area contributed by atoms with Crippen LogP contribution in [-0.4, -0.2) is 58.3 Å². The number of nitro benzene ring substituents is 1. The molecule has 0 unspecified atom stereocenters.